The number of halogens is 2. The van der Waals surface area contributed by atoms with E-state index >= 15 is 0 Å². The molecule has 4 rings (SSSR count). The van der Waals surface area contributed by atoms with E-state index in [4.69, 9.17) is 28.2 Å². The molecule has 0 spiro atoms. The van der Waals surface area contributed by atoms with E-state index in [9.17, 15) is 13.2 Å². The lowest BCUT2D eigenvalue weighted by Gasteiger charge is -2.37. The lowest BCUT2D eigenvalue weighted by atomic mass is 10.2. The Hall–Kier alpha value is -1.97. The zero-order valence-electron chi connectivity index (χ0n) is 17.1. The predicted octanol–water partition coefficient (Wildman–Crippen LogP) is 3.31. The number of hydrogen-bond donors (Lipinski definition) is 0. The van der Waals surface area contributed by atoms with Crippen molar-refractivity contribution >= 4 is 44.1 Å². The molecule has 2 aromatic carbocycles. The van der Waals surface area contributed by atoms with Crippen molar-refractivity contribution in [3.8, 4) is 0 Å². The smallest absolute Gasteiger partial charge is 0.261 e. The first-order chi connectivity index (χ1) is 14.7. The molecule has 0 radical (unpaired) electrons. The van der Waals surface area contributed by atoms with Gasteiger partial charge in [-0.25, -0.2) is 13.4 Å². The van der Waals surface area contributed by atoms with Crippen molar-refractivity contribution in [1.29, 1.82) is 0 Å². The first-order valence-electron chi connectivity index (χ1n) is 9.85. The molecule has 1 aliphatic heterocycles. The molecule has 164 valence electrons. The van der Waals surface area contributed by atoms with Gasteiger partial charge >= 0.3 is 0 Å². The van der Waals surface area contributed by atoms with Crippen LogP contribution in [0.4, 0.5) is 0 Å². The van der Waals surface area contributed by atoms with Crippen LogP contribution in [0.15, 0.2) is 52.2 Å². The van der Waals surface area contributed by atoms with Crippen LogP contribution in [0.2, 0.25) is 10.0 Å². The van der Waals surface area contributed by atoms with Crippen molar-refractivity contribution in [3.63, 3.8) is 0 Å². The summed E-state index contributed by atoms with van der Waals surface area (Å²) >= 11 is 11.9. The van der Waals surface area contributed by atoms with Crippen molar-refractivity contribution < 1.29 is 8.42 Å². The molecule has 31 heavy (non-hydrogen) atoms. The maximum atomic E-state index is 13.0. The molecule has 1 saturated heterocycles. The van der Waals surface area contributed by atoms with Crippen LogP contribution in [0, 0.1) is 0 Å². The number of piperazine rings is 1. The highest BCUT2D eigenvalue weighted by atomic mass is 35.5. The van der Waals surface area contributed by atoms with E-state index in [-0.39, 0.29) is 21.5 Å². The van der Waals surface area contributed by atoms with Crippen LogP contribution in [0.25, 0.3) is 10.9 Å². The molecule has 0 bridgehead atoms. The Labute approximate surface area is 190 Å². The Morgan fingerprint density at radius 1 is 1.00 bits per heavy atom. The Balaban J connectivity index is 1.54. The molecular formula is C21H22Cl2N4O3S. The summed E-state index contributed by atoms with van der Waals surface area (Å²) in [6.07, 6.45) is 0. The van der Waals surface area contributed by atoms with Gasteiger partial charge in [0.05, 0.1) is 31.9 Å². The number of nitrogens with zero attached hydrogens (tertiary/aromatic N) is 4. The van der Waals surface area contributed by atoms with Crippen molar-refractivity contribution in [1.82, 2.24) is 18.8 Å². The van der Waals surface area contributed by atoms with Crippen LogP contribution < -0.4 is 5.56 Å². The Morgan fingerprint density at radius 3 is 2.35 bits per heavy atom. The number of sulfonamides is 1. The molecule has 1 aliphatic rings. The number of fused-ring (bicyclic) bond motifs is 1. The monoisotopic (exact) mass is 480 g/mol. The van der Waals surface area contributed by atoms with E-state index in [2.05, 4.69) is 4.90 Å². The maximum Gasteiger partial charge on any atom is 0.261 e. The van der Waals surface area contributed by atoms with E-state index in [0.29, 0.717) is 47.9 Å². The first-order valence-corrected chi connectivity index (χ1v) is 12.0. The van der Waals surface area contributed by atoms with Gasteiger partial charge in [-0.2, -0.15) is 4.31 Å². The van der Waals surface area contributed by atoms with E-state index < -0.39 is 10.0 Å². The van der Waals surface area contributed by atoms with Crippen molar-refractivity contribution in [3.05, 3.63) is 68.7 Å². The summed E-state index contributed by atoms with van der Waals surface area (Å²) in [5, 5.41) is 1.10. The Bertz CT molecular complexity index is 1300. The summed E-state index contributed by atoms with van der Waals surface area (Å²) in [7, 11) is -1.95. The minimum Gasteiger partial charge on any atom is -0.298 e. The van der Waals surface area contributed by atoms with Gasteiger partial charge in [0, 0.05) is 33.2 Å². The lowest BCUT2D eigenvalue weighted by Crippen LogP contribution is -2.49. The molecule has 0 saturated carbocycles. The molecule has 0 N–H and O–H groups in total. The average molecular weight is 481 g/mol. The second kappa shape index (κ2) is 8.52. The van der Waals surface area contributed by atoms with Gasteiger partial charge in [0.15, 0.2) is 0 Å². The van der Waals surface area contributed by atoms with Gasteiger partial charge in [0.25, 0.3) is 5.56 Å². The number of rotatable bonds is 4. The van der Waals surface area contributed by atoms with E-state index in [1.807, 2.05) is 25.1 Å². The highest BCUT2D eigenvalue weighted by molar-refractivity contribution is 7.89. The molecule has 2 heterocycles. The summed E-state index contributed by atoms with van der Waals surface area (Å²) in [4.78, 5) is 19.7. The van der Waals surface area contributed by atoms with E-state index in [0.717, 1.165) is 0 Å². The summed E-state index contributed by atoms with van der Waals surface area (Å²) in [6.45, 7) is 3.68. The zero-order valence-corrected chi connectivity index (χ0v) is 19.5. The molecule has 10 heteroatoms. The first kappa shape index (κ1) is 22.2. The summed E-state index contributed by atoms with van der Waals surface area (Å²) in [5.74, 6) is 0.657. The standard InChI is InChI=1S/C21H22Cl2N4O3S/c1-14(20-24-19-6-4-3-5-16(19)21(28)25(20)2)26-9-11-27(12-10-26)31(29,30)15-7-8-17(22)18(23)13-15/h3-8,13-14H,9-12H2,1-2H3. The van der Waals surface area contributed by atoms with Gasteiger partial charge < -0.3 is 0 Å². The number of aromatic nitrogens is 2. The molecular weight excluding hydrogens is 459 g/mol. The van der Waals surface area contributed by atoms with Crippen molar-refractivity contribution in [2.45, 2.75) is 17.9 Å². The van der Waals surface area contributed by atoms with Gasteiger partial charge in [-0.15, -0.1) is 0 Å². The average Bonchev–Trinajstić information content (AvgIpc) is 2.77. The van der Waals surface area contributed by atoms with Crippen LogP contribution in [-0.4, -0.2) is 53.4 Å². The van der Waals surface area contributed by atoms with Crippen LogP contribution in [0.3, 0.4) is 0 Å². The third-order valence-electron chi connectivity index (χ3n) is 5.74. The largest absolute Gasteiger partial charge is 0.298 e. The molecule has 1 unspecified atom stereocenters. The topological polar surface area (TPSA) is 75.5 Å². The van der Waals surface area contributed by atoms with Crippen molar-refractivity contribution in [2.24, 2.45) is 7.05 Å². The number of hydrogen-bond acceptors (Lipinski definition) is 5. The van der Waals surface area contributed by atoms with Crippen LogP contribution >= 0.6 is 23.2 Å². The maximum absolute atomic E-state index is 13.0. The Morgan fingerprint density at radius 2 is 1.68 bits per heavy atom. The van der Waals surface area contributed by atoms with Crippen LogP contribution in [-0.2, 0) is 17.1 Å². The molecule has 7 nitrogen and oxygen atoms in total. The fraction of sp³-hybridized carbons (Fsp3) is 0.333. The van der Waals surface area contributed by atoms with Gasteiger partial charge in [-0.05, 0) is 37.3 Å². The quantitative estimate of drug-likeness (QED) is 0.572. The van der Waals surface area contributed by atoms with Gasteiger partial charge in [-0.1, -0.05) is 35.3 Å². The zero-order chi connectivity index (χ0) is 22.3. The molecule has 3 aromatic rings. The third kappa shape index (κ3) is 4.10. The summed E-state index contributed by atoms with van der Waals surface area (Å²) in [5.41, 5.74) is 0.571. The second-order valence-corrected chi connectivity index (χ2v) is 10.3. The number of benzene rings is 2. The third-order valence-corrected chi connectivity index (χ3v) is 8.37. The van der Waals surface area contributed by atoms with E-state index in [1.165, 1.54) is 22.5 Å². The molecule has 1 atom stereocenters. The summed E-state index contributed by atoms with van der Waals surface area (Å²) < 4.78 is 29.0. The molecule has 0 amide bonds. The fourth-order valence-corrected chi connectivity index (χ4v) is 5.70. The Kier molecular flexibility index (Phi) is 6.11. The highest BCUT2D eigenvalue weighted by Crippen LogP contribution is 2.28. The van der Waals surface area contributed by atoms with Crippen molar-refractivity contribution in [2.75, 3.05) is 26.2 Å². The summed E-state index contributed by atoms with van der Waals surface area (Å²) in [6, 6.07) is 11.5. The minimum absolute atomic E-state index is 0.0896. The number of para-hydroxylation sites is 1. The SMILES string of the molecule is CC(c1nc2ccccc2c(=O)n1C)N1CCN(S(=O)(=O)c2ccc(Cl)c(Cl)c2)CC1. The van der Waals surface area contributed by atoms with Crippen LogP contribution in [0.1, 0.15) is 18.8 Å². The van der Waals surface area contributed by atoms with Gasteiger partial charge in [0.1, 0.15) is 5.82 Å². The van der Waals surface area contributed by atoms with Gasteiger partial charge in [-0.3, -0.25) is 14.3 Å². The molecule has 0 aliphatic carbocycles. The predicted molar refractivity (Wildman–Crippen MR) is 122 cm³/mol. The second-order valence-electron chi connectivity index (χ2n) is 7.54. The van der Waals surface area contributed by atoms with E-state index in [1.54, 1.807) is 17.7 Å². The highest BCUT2D eigenvalue weighted by Gasteiger charge is 2.31. The lowest BCUT2D eigenvalue weighted by molar-refractivity contribution is 0.139. The van der Waals surface area contributed by atoms with Crippen LogP contribution in [0.5, 0.6) is 0 Å². The normalized spacial score (nSPS) is 17.2. The molecule has 1 fully saturated rings. The molecule has 1 aromatic heterocycles. The van der Waals surface area contributed by atoms with Gasteiger partial charge in [0.2, 0.25) is 10.0 Å². The fourth-order valence-electron chi connectivity index (χ4n) is 3.89. The minimum atomic E-state index is -3.67.